The SMILES string of the molecule is CCc1c(C(=O)N2CCC(C(=O)N(C)C)CC2)cnn1-c1cccc(Cl)c1. The molecule has 2 aromatic rings. The van der Waals surface area contributed by atoms with Crippen LogP contribution in [0.25, 0.3) is 5.69 Å². The molecule has 6 nitrogen and oxygen atoms in total. The standard InChI is InChI=1S/C20H25ClN4O2/c1-4-18-17(13-22-25(18)16-7-5-6-15(21)12-16)20(27)24-10-8-14(9-11-24)19(26)23(2)3/h5-7,12-14H,4,8-11H2,1-3H3. The molecule has 0 atom stereocenters. The maximum absolute atomic E-state index is 13.1. The first-order valence-corrected chi connectivity index (χ1v) is 9.63. The molecule has 0 radical (unpaired) electrons. The molecule has 1 aromatic carbocycles. The van der Waals surface area contributed by atoms with Gasteiger partial charge in [0.25, 0.3) is 5.91 Å². The van der Waals surface area contributed by atoms with Gasteiger partial charge in [0.1, 0.15) is 0 Å². The van der Waals surface area contributed by atoms with Crippen LogP contribution in [-0.2, 0) is 11.2 Å². The Morgan fingerprint density at radius 1 is 1.26 bits per heavy atom. The average molecular weight is 389 g/mol. The summed E-state index contributed by atoms with van der Waals surface area (Å²) < 4.78 is 1.78. The van der Waals surface area contributed by atoms with Gasteiger partial charge in [0.2, 0.25) is 5.91 Å². The fraction of sp³-hybridized carbons (Fsp3) is 0.450. The Morgan fingerprint density at radius 3 is 2.56 bits per heavy atom. The highest BCUT2D eigenvalue weighted by Gasteiger charge is 2.30. The predicted molar refractivity (Wildman–Crippen MR) is 105 cm³/mol. The van der Waals surface area contributed by atoms with Crippen LogP contribution < -0.4 is 0 Å². The number of rotatable bonds is 4. The number of carbonyl (C=O) groups excluding carboxylic acids is 2. The van der Waals surface area contributed by atoms with Gasteiger partial charge in [0.15, 0.2) is 0 Å². The van der Waals surface area contributed by atoms with E-state index in [9.17, 15) is 9.59 Å². The molecule has 7 heteroatoms. The van der Waals surface area contributed by atoms with E-state index in [2.05, 4.69) is 5.10 Å². The minimum atomic E-state index is -0.0177. The average Bonchev–Trinajstić information content (AvgIpc) is 3.11. The highest BCUT2D eigenvalue weighted by atomic mass is 35.5. The van der Waals surface area contributed by atoms with Crippen LogP contribution in [0, 0.1) is 5.92 Å². The largest absolute Gasteiger partial charge is 0.349 e. The molecule has 0 saturated carbocycles. The van der Waals surface area contributed by atoms with Crippen LogP contribution in [0.4, 0.5) is 0 Å². The number of nitrogens with zero attached hydrogens (tertiary/aromatic N) is 4. The lowest BCUT2D eigenvalue weighted by atomic mass is 9.95. The fourth-order valence-electron chi connectivity index (χ4n) is 3.59. The number of amides is 2. The lowest BCUT2D eigenvalue weighted by molar-refractivity contribution is -0.134. The Kier molecular flexibility index (Phi) is 5.85. The second kappa shape index (κ2) is 8.13. The van der Waals surface area contributed by atoms with Gasteiger partial charge < -0.3 is 9.80 Å². The summed E-state index contributed by atoms with van der Waals surface area (Å²) in [5.74, 6) is 0.130. The Labute approximate surface area is 164 Å². The summed E-state index contributed by atoms with van der Waals surface area (Å²) in [6.07, 6.45) is 3.72. The van der Waals surface area contributed by atoms with Gasteiger partial charge in [-0.1, -0.05) is 24.6 Å². The van der Waals surface area contributed by atoms with Crippen molar-refractivity contribution in [3.8, 4) is 5.69 Å². The van der Waals surface area contributed by atoms with Gasteiger partial charge in [0.05, 0.1) is 23.1 Å². The van der Waals surface area contributed by atoms with Crippen LogP contribution in [0.3, 0.4) is 0 Å². The van der Waals surface area contributed by atoms with E-state index in [0.717, 1.165) is 11.4 Å². The molecule has 1 aliphatic heterocycles. The predicted octanol–water partition coefficient (Wildman–Crippen LogP) is 3.03. The third kappa shape index (κ3) is 4.00. The van der Waals surface area contributed by atoms with E-state index in [4.69, 9.17) is 11.6 Å². The third-order valence-corrected chi connectivity index (χ3v) is 5.29. The van der Waals surface area contributed by atoms with Crippen LogP contribution in [0.5, 0.6) is 0 Å². The first-order valence-electron chi connectivity index (χ1n) is 9.25. The number of carbonyl (C=O) groups is 2. The molecule has 2 amide bonds. The molecule has 0 bridgehead atoms. The smallest absolute Gasteiger partial charge is 0.257 e. The van der Waals surface area contributed by atoms with E-state index in [1.807, 2.05) is 36.1 Å². The molecule has 2 heterocycles. The zero-order valence-electron chi connectivity index (χ0n) is 16.0. The van der Waals surface area contributed by atoms with Crippen molar-refractivity contribution in [1.29, 1.82) is 0 Å². The van der Waals surface area contributed by atoms with Crippen molar-refractivity contribution in [3.05, 3.63) is 46.7 Å². The molecule has 0 N–H and O–H groups in total. The monoisotopic (exact) mass is 388 g/mol. The van der Waals surface area contributed by atoms with E-state index in [0.29, 0.717) is 42.9 Å². The number of hydrogen-bond acceptors (Lipinski definition) is 3. The summed E-state index contributed by atoms with van der Waals surface area (Å²) in [6, 6.07) is 7.43. The van der Waals surface area contributed by atoms with Crippen LogP contribution in [0.15, 0.2) is 30.5 Å². The molecule has 0 spiro atoms. The second-order valence-electron chi connectivity index (χ2n) is 7.05. The van der Waals surface area contributed by atoms with Crippen molar-refractivity contribution < 1.29 is 9.59 Å². The Bertz CT molecular complexity index is 838. The number of halogens is 1. The van der Waals surface area contributed by atoms with Crippen molar-refractivity contribution >= 4 is 23.4 Å². The summed E-state index contributed by atoms with van der Waals surface area (Å²) in [5, 5.41) is 5.06. The van der Waals surface area contributed by atoms with E-state index in [-0.39, 0.29) is 17.7 Å². The molecule has 1 aromatic heterocycles. The first-order chi connectivity index (χ1) is 12.9. The van der Waals surface area contributed by atoms with Gasteiger partial charge in [-0.2, -0.15) is 5.10 Å². The number of likely N-dealkylation sites (tertiary alicyclic amines) is 1. The number of hydrogen-bond donors (Lipinski definition) is 0. The van der Waals surface area contributed by atoms with Crippen molar-refractivity contribution in [1.82, 2.24) is 19.6 Å². The molecule has 1 saturated heterocycles. The molecular formula is C20H25ClN4O2. The molecule has 1 aliphatic rings. The Balaban J connectivity index is 1.77. The molecular weight excluding hydrogens is 364 g/mol. The molecule has 144 valence electrons. The van der Waals surface area contributed by atoms with Crippen LogP contribution in [-0.4, -0.2) is 58.6 Å². The summed E-state index contributed by atoms with van der Waals surface area (Å²) in [4.78, 5) is 28.6. The lowest BCUT2D eigenvalue weighted by Gasteiger charge is -2.32. The van der Waals surface area contributed by atoms with Gasteiger partial charge in [-0.3, -0.25) is 9.59 Å². The van der Waals surface area contributed by atoms with Crippen LogP contribution in [0.1, 0.15) is 35.8 Å². The first kappa shape index (κ1) is 19.4. The molecule has 27 heavy (non-hydrogen) atoms. The van der Waals surface area contributed by atoms with Crippen LogP contribution >= 0.6 is 11.6 Å². The third-order valence-electron chi connectivity index (χ3n) is 5.06. The van der Waals surface area contributed by atoms with Crippen molar-refractivity contribution in [3.63, 3.8) is 0 Å². The lowest BCUT2D eigenvalue weighted by Crippen LogP contribution is -2.42. The van der Waals surface area contributed by atoms with E-state index < -0.39 is 0 Å². The highest BCUT2D eigenvalue weighted by molar-refractivity contribution is 6.30. The highest BCUT2D eigenvalue weighted by Crippen LogP contribution is 2.24. The summed E-state index contributed by atoms with van der Waals surface area (Å²) in [6.45, 7) is 3.19. The topological polar surface area (TPSA) is 58.4 Å². The number of piperidine rings is 1. The molecule has 0 unspecified atom stereocenters. The second-order valence-corrected chi connectivity index (χ2v) is 7.49. The molecule has 3 rings (SSSR count). The van der Waals surface area contributed by atoms with E-state index in [1.54, 1.807) is 29.9 Å². The van der Waals surface area contributed by atoms with Gasteiger partial charge in [-0.25, -0.2) is 4.68 Å². The Morgan fingerprint density at radius 2 is 1.96 bits per heavy atom. The Hall–Kier alpha value is -2.34. The molecule has 1 fully saturated rings. The van der Waals surface area contributed by atoms with Crippen LogP contribution in [0.2, 0.25) is 5.02 Å². The minimum Gasteiger partial charge on any atom is -0.349 e. The van der Waals surface area contributed by atoms with Crippen molar-refractivity contribution in [2.45, 2.75) is 26.2 Å². The zero-order chi connectivity index (χ0) is 19.6. The van der Waals surface area contributed by atoms with Gasteiger partial charge in [-0.15, -0.1) is 0 Å². The summed E-state index contributed by atoms with van der Waals surface area (Å²) in [5.41, 5.74) is 2.33. The van der Waals surface area contributed by atoms with Crippen molar-refractivity contribution in [2.24, 2.45) is 5.92 Å². The molecule has 0 aliphatic carbocycles. The fourth-order valence-corrected chi connectivity index (χ4v) is 3.77. The van der Waals surface area contributed by atoms with Gasteiger partial charge in [-0.05, 0) is 37.5 Å². The summed E-state index contributed by atoms with van der Waals surface area (Å²) in [7, 11) is 3.55. The summed E-state index contributed by atoms with van der Waals surface area (Å²) >= 11 is 6.10. The number of aromatic nitrogens is 2. The quantitative estimate of drug-likeness (QED) is 0.808. The van der Waals surface area contributed by atoms with E-state index in [1.165, 1.54) is 0 Å². The van der Waals surface area contributed by atoms with Gasteiger partial charge in [0, 0.05) is 38.1 Å². The normalized spacial score (nSPS) is 15.0. The maximum atomic E-state index is 13.1. The van der Waals surface area contributed by atoms with Gasteiger partial charge >= 0.3 is 0 Å². The maximum Gasteiger partial charge on any atom is 0.257 e. The van der Waals surface area contributed by atoms with E-state index >= 15 is 0 Å². The zero-order valence-corrected chi connectivity index (χ0v) is 16.7. The van der Waals surface area contributed by atoms with Crippen molar-refractivity contribution in [2.75, 3.05) is 27.2 Å². The minimum absolute atomic E-state index is 0.00359. The number of benzene rings is 1.